The standard InChI is InChI=1S/C25H25NO5/c1-29-20-13-14-11-12-19(26-24(27)17-7-4-5-8-18(17)25(26)28)15-9-6-10-16(15)21(14)23(31-3)22(20)30-2/h4-5,7-8,13,19H,6,9-12H2,1-3H3. The lowest BCUT2D eigenvalue weighted by Crippen LogP contribution is -2.41. The number of nitrogens with zero attached hydrogens (tertiary/aromatic N) is 1. The largest absolute Gasteiger partial charge is 0.493 e. The monoisotopic (exact) mass is 419 g/mol. The fourth-order valence-corrected chi connectivity index (χ4v) is 5.40. The molecular formula is C25H25NO5. The van der Waals surface area contributed by atoms with Crippen LogP contribution in [0.4, 0.5) is 0 Å². The Balaban J connectivity index is 1.66. The molecule has 1 atom stereocenters. The first-order valence-corrected chi connectivity index (χ1v) is 10.6. The van der Waals surface area contributed by atoms with Crippen molar-refractivity contribution in [2.24, 2.45) is 0 Å². The molecule has 1 unspecified atom stereocenters. The van der Waals surface area contributed by atoms with Crippen LogP contribution in [0.25, 0.3) is 5.57 Å². The van der Waals surface area contributed by atoms with E-state index in [0.717, 1.165) is 30.4 Å². The van der Waals surface area contributed by atoms with Gasteiger partial charge in [-0.25, -0.2) is 0 Å². The van der Waals surface area contributed by atoms with Crippen LogP contribution in [0.15, 0.2) is 35.9 Å². The molecule has 0 fully saturated rings. The minimum Gasteiger partial charge on any atom is -0.493 e. The van der Waals surface area contributed by atoms with Crippen molar-refractivity contribution in [3.63, 3.8) is 0 Å². The minimum absolute atomic E-state index is 0.197. The molecule has 3 aliphatic rings. The summed E-state index contributed by atoms with van der Waals surface area (Å²) in [6.07, 6.45) is 4.12. The van der Waals surface area contributed by atoms with Crippen LogP contribution in [0.2, 0.25) is 0 Å². The predicted octanol–water partition coefficient (Wildman–Crippen LogP) is 4.26. The molecule has 1 heterocycles. The van der Waals surface area contributed by atoms with E-state index in [2.05, 4.69) is 0 Å². The quantitative estimate of drug-likeness (QED) is 0.693. The number of ether oxygens (including phenoxy) is 3. The van der Waals surface area contributed by atoms with Gasteiger partial charge in [0.15, 0.2) is 11.5 Å². The van der Waals surface area contributed by atoms with E-state index in [1.165, 1.54) is 16.0 Å². The van der Waals surface area contributed by atoms with Gasteiger partial charge in [0, 0.05) is 5.56 Å². The number of amides is 2. The second-order valence-corrected chi connectivity index (χ2v) is 8.12. The third kappa shape index (κ3) is 2.77. The number of rotatable bonds is 4. The van der Waals surface area contributed by atoms with Crippen LogP contribution < -0.4 is 14.2 Å². The fraction of sp³-hybridized carbons (Fsp3) is 0.360. The molecule has 0 spiro atoms. The summed E-state index contributed by atoms with van der Waals surface area (Å²) in [5.74, 6) is 1.46. The SMILES string of the molecule is COc1cc2c(c(OC)c1OC)C1=C(CCC1)C(N1C(=O)c3ccccc3C1=O)CC2. The lowest BCUT2D eigenvalue weighted by molar-refractivity contribution is 0.0601. The molecule has 0 saturated heterocycles. The van der Waals surface area contributed by atoms with E-state index in [9.17, 15) is 9.59 Å². The van der Waals surface area contributed by atoms with Gasteiger partial charge in [0.25, 0.3) is 11.8 Å². The lowest BCUT2D eigenvalue weighted by Gasteiger charge is -2.27. The van der Waals surface area contributed by atoms with Crippen LogP contribution >= 0.6 is 0 Å². The summed E-state index contributed by atoms with van der Waals surface area (Å²) < 4.78 is 17.0. The first kappa shape index (κ1) is 19.7. The molecule has 1 aliphatic heterocycles. The summed E-state index contributed by atoms with van der Waals surface area (Å²) in [5.41, 5.74) is 5.46. The van der Waals surface area contributed by atoms with Crippen LogP contribution in [0, 0.1) is 0 Å². The number of carbonyl (C=O) groups excluding carboxylic acids is 2. The Bertz CT molecular complexity index is 1100. The van der Waals surface area contributed by atoms with Gasteiger partial charge in [-0.3, -0.25) is 14.5 Å². The van der Waals surface area contributed by atoms with Gasteiger partial charge in [0.2, 0.25) is 5.75 Å². The van der Waals surface area contributed by atoms with Crippen LogP contribution in [0.3, 0.4) is 0 Å². The van der Waals surface area contributed by atoms with Crippen LogP contribution in [-0.2, 0) is 6.42 Å². The van der Waals surface area contributed by atoms with Crippen LogP contribution in [-0.4, -0.2) is 44.1 Å². The number of imide groups is 1. The highest BCUT2D eigenvalue weighted by atomic mass is 16.5. The van der Waals surface area contributed by atoms with Crippen molar-refractivity contribution in [3.8, 4) is 17.2 Å². The van der Waals surface area contributed by atoms with E-state index in [4.69, 9.17) is 14.2 Å². The zero-order chi connectivity index (χ0) is 21.7. The van der Waals surface area contributed by atoms with Gasteiger partial charge >= 0.3 is 0 Å². The molecule has 2 aromatic carbocycles. The Morgan fingerprint density at radius 3 is 2.16 bits per heavy atom. The van der Waals surface area contributed by atoms with Crippen molar-refractivity contribution < 1.29 is 23.8 Å². The van der Waals surface area contributed by atoms with E-state index in [1.54, 1.807) is 45.6 Å². The van der Waals surface area contributed by atoms with Gasteiger partial charge in [0.1, 0.15) is 0 Å². The number of aryl methyl sites for hydroxylation is 1. The molecule has 0 radical (unpaired) electrons. The average molecular weight is 419 g/mol. The lowest BCUT2D eigenvalue weighted by atomic mass is 9.95. The summed E-state index contributed by atoms with van der Waals surface area (Å²) in [6.45, 7) is 0. The Hall–Kier alpha value is -3.28. The predicted molar refractivity (Wildman–Crippen MR) is 116 cm³/mol. The Morgan fingerprint density at radius 2 is 1.55 bits per heavy atom. The number of carbonyl (C=O) groups is 2. The number of hydrogen-bond acceptors (Lipinski definition) is 5. The van der Waals surface area contributed by atoms with Gasteiger partial charge in [-0.15, -0.1) is 0 Å². The van der Waals surface area contributed by atoms with Crippen LogP contribution in [0.1, 0.15) is 57.5 Å². The van der Waals surface area contributed by atoms with Crippen LogP contribution in [0.5, 0.6) is 17.2 Å². The van der Waals surface area contributed by atoms with E-state index >= 15 is 0 Å². The van der Waals surface area contributed by atoms with Crippen molar-refractivity contribution in [3.05, 3.63) is 58.2 Å². The second-order valence-electron chi connectivity index (χ2n) is 8.12. The maximum atomic E-state index is 13.2. The molecule has 0 bridgehead atoms. The smallest absolute Gasteiger partial charge is 0.262 e. The Kier molecular flexibility index (Phi) is 4.73. The van der Waals surface area contributed by atoms with Crippen molar-refractivity contribution >= 4 is 17.4 Å². The van der Waals surface area contributed by atoms with Gasteiger partial charge in [-0.2, -0.15) is 0 Å². The van der Waals surface area contributed by atoms with Gasteiger partial charge < -0.3 is 14.2 Å². The highest BCUT2D eigenvalue weighted by Crippen LogP contribution is 2.51. The van der Waals surface area contributed by atoms with Gasteiger partial charge in [-0.05, 0) is 67.0 Å². The van der Waals surface area contributed by atoms with E-state index in [-0.39, 0.29) is 17.9 Å². The third-order valence-corrected chi connectivity index (χ3v) is 6.70. The molecule has 160 valence electrons. The summed E-state index contributed by atoms with van der Waals surface area (Å²) in [5, 5.41) is 0. The Morgan fingerprint density at radius 1 is 0.871 bits per heavy atom. The summed E-state index contributed by atoms with van der Waals surface area (Å²) >= 11 is 0. The zero-order valence-corrected chi connectivity index (χ0v) is 18.0. The van der Waals surface area contributed by atoms with Gasteiger partial charge in [0.05, 0.1) is 38.5 Å². The molecule has 6 heteroatoms. The maximum Gasteiger partial charge on any atom is 0.262 e. The Labute approximate surface area is 181 Å². The second kappa shape index (κ2) is 7.45. The van der Waals surface area contributed by atoms with Crippen molar-refractivity contribution in [2.45, 2.75) is 38.1 Å². The molecule has 2 aliphatic carbocycles. The van der Waals surface area contributed by atoms with E-state index in [1.807, 2.05) is 6.07 Å². The molecule has 2 amide bonds. The molecule has 0 N–H and O–H groups in total. The molecular weight excluding hydrogens is 394 g/mol. The van der Waals surface area contributed by atoms with E-state index in [0.29, 0.717) is 41.2 Å². The first-order valence-electron chi connectivity index (χ1n) is 10.6. The van der Waals surface area contributed by atoms with E-state index < -0.39 is 0 Å². The highest BCUT2D eigenvalue weighted by molar-refractivity contribution is 6.21. The summed E-state index contributed by atoms with van der Waals surface area (Å²) in [4.78, 5) is 27.9. The first-order chi connectivity index (χ1) is 15.1. The van der Waals surface area contributed by atoms with Crippen molar-refractivity contribution in [2.75, 3.05) is 21.3 Å². The molecule has 0 aromatic heterocycles. The average Bonchev–Trinajstić information content (AvgIpc) is 3.33. The highest BCUT2D eigenvalue weighted by Gasteiger charge is 2.43. The maximum absolute atomic E-state index is 13.2. The zero-order valence-electron chi connectivity index (χ0n) is 18.0. The summed E-state index contributed by atoms with van der Waals surface area (Å²) in [7, 11) is 4.86. The van der Waals surface area contributed by atoms with Crippen molar-refractivity contribution in [1.82, 2.24) is 4.90 Å². The molecule has 2 aromatic rings. The molecule has 5 rings (SSSR count). The number of allylic oxidation sites excluding steroid dienone is 1. The van der Waals surface area contributed by atoms with Gasteiger partial charge in [-0.1, -0.05) is 12.1 Å². The molecule has 31 heavy (non-hydrogen) atoms. The summed E-state index contributed by atoms with van der Waals surface area (Å²) in [6, 6.07) is 8.84. The topological polar surface area (TPSA) is 65.1 Å². The number of benzene rings is 2. The minimum atomic E-state index is -0.251. The molecule has 0 saturated carbocycles. The van der Waals surface area contributed by atoms with Crippen molar-refractivity contribution in [1.29, 1.82) is 0 Å². The fourth-order valence-electron chi connectivity index (χ4n) is 5.40. The normalized spacial score (nSPS) is 19.7. The number of fused-ring (bicyclic) bond motifs is 3. The third-order valence-electron chi connectivity index (χ3n) is 6.70. The number of hydrogen-bond donors (Lipinski definition) is 0. The molecule has 6 nitrogen and oxygen atoms in total. The number of methoxy groups -OCH3 is 3.